The molecule has 3 aliphatic heterocycles. The number of β-lactam (4-membered cyclic amide) rings is 1. The molecule has 4 atom stereocenters. The van der Waals surface area contributed by atoms with Crippen LogP contribution in [0.2, 0.25) is 0 Å². The summed E-state index contributed by atoms with van der Waals surface area (Å²) in [4.78, 5) is 45.4. The average molecular weight is 529 g/mol. The Balaban J connectivity index is 0.00000289. The number of thiazole rings is 1. The van der Waals surface area contributed by atoms with Gasteiger partial charge in [0, 0.05) is 40.6 Å². The molecule has 3 unspecified atom stereocenters. The monoisotopic (exact) mass is 528 g/mol. The Morgan fingerprint density at radius 2 is 1.97 bits per heavy atom. The molecule has 12 heteroatoms. The number of carbonyl (C=O) groups excluding carboxylic acids is 3. The largest absolute Gasteiger partial charge is 1.00 e. The second-order valence-electron chi connectivity index (χ2n) is 9.72. The van der Waals surface area contributed by atoms with Gasteiger partial charge in [0.2, 0.25) is 5.91 Å². The van der Waals surface area contributed by atoms with Crippen LogP contribution in [0.15, 0.2) is 16.0 Å². The van der Waals surface area contributed by atoms with Gasteiger partial charge in [-0.05, 0) is 19.8 Å². The summed E-state index contributed by atoms with van der Waals surface area (Å²) in [6.45, 7) is 4.83. The second-order valence-corrected chi connectivity index (χ2v) is 11.9. The van der Waals surface area contributed by atoms with Crippen LogP contribution in [0.1, 0.15) is 56.4 Å². The minimum absolute atomic E-state index is 0. The number of nitrogens with zero attached hydrogens (tertiary/aromatic N) is 3. The number of fused-ring (bicyclic) bond motifs is 1. The summed E-state index contributed by atoms with van der Waals surface area (Å²) in [5, 5.41) is 27.6. The Morgan fingerprint density at radius 1 is 1.29 bits per heavy atom. The van der Waals surface area contributed by atoms with Gasteiger partial charge in [0.05, 0.1) is 29.7 Å². The van der Waals surface area contributed by atoms with E-state index in [-0.39, 0.29) is 70.3 Å². The van der Waals surface area contributed by atoms with Crippen LogP contribution in [0.25, 0.3) is 0 Å². The first-order valence-electron chi connectivity index (χ1n) is 11.9. The third-order valence-corrected chi connectivity index (χ3v) is 9.73. The van der Waals surface area contributed by atoms with Crippen LogP contribution in [0, 0.1) is 11.8 Å². The molecule has 9 nitrogen and oxygen atoms in total. The number of anilines is 1. The third kappa shape index (κ3) is 4.92. The van der Waals surface area contributed by atoms with Crippen molar-refractivity contribution in [2.75, 3.05) is 18.0 Å². The van der Waals surface area contributed by atoms with E-state index in [4.69, 9.17) is 0 Å². The van der Waals surface area contributed by atoms with E-state index in [0.29, 0.717) is 23.7 Å². The molecule has 1 aromatic rings. The number of nitrogens with one attached hydrogen (secondary N) is 1. The fraction of sp³-hybridized carbons (Fsp3) is 0.652. The van der Waals surface area contributed by atoms with Crippen LogP contribution in [0.4, 0.5) is 5.13 Å². The normalized spacial score (nSPS) is 27.6. The molecule has 0 aromatic carbocycles. The number of aromatic nitrogens is 1. The number of hydrogen-bond donors (Lipinski definition) is 2. The smallest absolute Gasteiger partial charge is 0.543 e. The third-order valence-electron chi connectivity index (χ3n) is 7.38. The maximum atomic E-state index is 12.5. The molecule has 2 N–H and O–H groups in total. The van der Waals surface area contributed by atoms with E-state index in [0.717, 1.165) is 30.8 Å². The van der Waals surface area contributed by atoms with E-state index in [1.807, 2.05) is 6.92 Å². The molecule has 1 aromatic heterocycles. The molecule has 2 saturated heterocycles. The first kappa shape index (κ1) is 26.9. The van der Waals surface area contributed by atoms with Crippen LogP contribution in [0.3, 0.4) is 0 Å². The minimum Gasteiger partial charge on any atom is -0.543 e. The molecule has 0 bridgehead atoms. The zero-order valence-corrected chi connectivity index (χ0v) is 23.9. The summed E-state index contributed by atoms with van der Waals surface area (Å²) < 4.78 is 0. The molecule has 1 saturated carbocycles. The molecule has 4 aliphatic rings. The van der Waals surface area contributed by atoms with E-state index < -0.39 is 18.0 Å². The zero-order chi connectivity index (χ0) is 24.1. The van der Waals surface area contributed by atoms with Crippen molar-refractivity contribution in [2.24, 2.45) is 11.8 Å². The summed E-state index contributed by atoms with van der Waals surface area (Å²) >= 11 is 2.91. The van der Waals surface area contributed by atoms with Crippen LogP contribution in [-0.2, 0) is 9.59 Å². The molecule has 0 spiro atoms. The van der Waals surface area contributed by atoms with Crippen molar-refractivity contribution < 1.29 is 54.2 Å². The van der Waals surface area contributed by atoms with E-state index in [2.05, 4.69) is 15.2 Å². The standard InChI is InChI=1S/C23H30N4O5S2.Na/c1-11-17-16(12(2)28)21(30)27(17)18(22(31)32)19(11)34-14-8-26(9-14)23-25-15(10-33-23)20(29)24-13-6-4-3-5-7-13;/h10-14,16-17,28H,3-9H2,1-2H3,(H,24,29)(H,31,32);/q;+1/p-1/t11-,12?,16?,17?;/m1./s1. The van der Waals surface area contributed by atoms with E-state index in [1.54, 1.807) is 12.3 Å². The molecule has 5 rings (SSSR count). The number of carboxylic acids is 1. The second kappa shape index (κ2) is 10.7. The van der Waals surface area contributed by atoms with Gasteiger partial charge in [-0.25, -0.2) is 4.98 Å². The number of carboxylic acid groups (broad SMARTS) is 1. The Morgan fingerprint density at radius 3 is 2.60 bits per heavy atom. The van der Waals surface area contributed by atoms with Gasteiger partial charge in [-0.1, -0.05) is 26.2 Å². The molecule has 35 heavy (non-hydrogen) atoms. The number of aliphatic hydroxyl groups excluding tert-OH is 1. The van der Waals surface area contributed by atoms with E-state index >= 15 is 0 Å². The number of carbonyl (C=O) groups is 3. The Labute approximate surface area is 235 Å². The molecular formula is C23H29N4NaO5S2. The van der Waals surface area contributed by atoms with E-state index in [9.17, 15) is 24.6 Å². The molecule has 4 heterocycles. The summed E-state index contributed by atoms with van der Waals surface area (Å²) in [6, 6.07) is -0.0922. The number of amides is 2. The molecule has 0 radical (unpaired) electrons. The van der Waals surface area contributed by atoms with Gasteiger partial charge in [-0.3, -0.25) is 9.59 Å². The number of rotatable bonds is 7. The van der Waals surface area contributed by atoms with Crippen molar-refractivity contribution in [3.8, 4) is 0 Å². The fourth-order valence-electron chi connectivity index (χ4n) is 5.54. The van der Waals surface area contributed by atoms with Crippen LogP contribution >= 0.6 is 23.1 Å². The van der Waals surface area contributed by atoms with Crippen molar-refractivity contribution in [1.82, 2.24) is 15.2 Å². The average Bonchev–Trinajstić information content (AvgIpc) is 3.33. The minimum atomic E-state index is -1.35. The first-order chi connectivity index (χ1) is 16.3. The molecule has 2 amide bonds. The Kier molecular flexibility index (Phi) is 8.24. The molecule has 1 aliphatic carbocycles. The maximum Gasteiger partial charge on any atom is 1.00 e. The number of aliphatic carboxylic acids is 1. The first-order valence-corrected chi connectivity index (χ1v) is 13.7. The molecule has 3 fully saturated rings. The van der Waals surface area contributed by atoms with Crippen molar-refractivity contribution in [3.63, 3.8) is 0 Å². The summed E-state index contributed by atoms with van der Waals surface area (Å²) in [6.07, 6.45) is 4.77. The Hall–Kier alpha value is -1.11. The number of hydrogen-bond acceptors (Lipinski definition) is 9. The van der Waals surface area contributed by atoms with Crippen LogP contribution in [0.5, 0.6) is 0 Å². The van der Waals surface area contributed by atoms with Gasteiger partial charge in [-0.2, -0.15) is 0 Å². The van der Waals surface area contributed by atoms with Gasteiger partial charge in [-0.15, -0.1) is 23.1 Å². The van der Waals surface area contributed by atoms with Gasteiger partial charge >= 0.3 is 29.6 Å². The summed E-state index contributed by atoms with van der Waals surface area (Å²) in [5.41, 5.74) is 0.402. The predicted molar refractivity (Wildman–Crippen MR) is 127 cm³/mol. The zero-order valence-electron chi connectivity index (χ0n) is 20.2. The number of thioether (sulfide) groups is 1. The summed E-state index contributed by atoms with van der Waals surface area (Å²) in [7, 11) is 0. The van der Waals surface area contributed by atoms with Crippen molar-refractivity contribution in [2.45, 2.75) is 69.4 Å². The topological polar surface area (TPSA) is 126 Å². The van der Waals surface area contributed by atoms with Gasteiger partial charge in [0.1, 0.15) is 5.69 Å². The Bertz CT molecular complexity index is 1030. The molecule has 184 valence electrons. The van der Waals surface area contributed by atoms with Gasteiger partial charge in [0.25, 0.3) is 5.91 Å². The van der Waals surface area contributed by atoms with Crippen LogP contribution < -0.4 is 44.9 Å². The van der Waals surface area contributed by atoms with Crippen molar-refractivity contribution >= 4 is 46.0 Å². The van der Waals surface area contributed by atoms with Gasteiger partial charge in [0.15, 0.2) is 5.13 Å². The maximum absolute atomic E-state index is 12.5. The summed E-state index contributed by atoms with van der Waals surface area (Å²) in [5.74, 6) is -2.56. The quantitative estimate of drug-likeness (QED) is 0.306. The fourth-order valence-corrected chi connectivity index (χ4v) is 7.88. The van der Waals surface area contributed by atoms with E-state index in [1.165, 1.54) is 34.4 Å². The van der Waals surface area contributed by atoms with Gasteiger partial charge < -0.3 is 30.1 Å². The van der Waals surface area contributed by atoms with Crippen molar-refractivity contribution in [1.29, 1.82) is 0 Å². The van der Waals surface area contributed by atoms with Crippen molar-refractivity contribution in [3.05, 3.63) is 21.7 Å². The molecular weight excluding hydrogens is 499 g/mol. The SMILES string of the molecule is CC(O)C1C(=O)N2C(C(=O)[O-])=C(SC3CN(c4nc(C(=O)NC5CCCCC5)cs4)C3)[C@H](C)C12.[Na+]. The number of aliphatic hydroxyl groups is 1. The predicted octanol–water partition coefficient (Wildman–Crippen LogP) is -2.05. The van der Waals surface area contributed by atoms with Crippen LogP contribution in [-0.4, -0.2) is 69.3 Å².